The van der Waals surface area contributed by atoms with Crippen LogP contribution in [0, 0.1) is 25.2 Å². The zero-order chi connectivity index (χ0) is 7.56. The predicted molar refractivity (Wildman–Crippen MR) is 49.2 cm³/mol. The van der Waals surface area contributed by atoms with Crippen molar-refractivity contribution in [2.24, 2.45) is 17.8 Å². The Kier molecular flexibility index (Phi) is 4.79. The van der Waals surface area contributed by atoms with Crippen LogP contribution in [-0.2, 0) is 0 Å². The lowest BCUT2D eigenvalue weighted by Gasteiger charge is -2.28. The molecule has 0 aromatic rings. The summed E-state index contributed by atoms with van der Waals surface area (Å²) in [6.45, 7) is 7.11. The first-order valence-electron chi connectivity index (χ1n) is 4.70. The third kappa shape index (κ3) is 3.27. The van der Waals surface area contributed by atoms with Crippen molar-refractivity contribution < 1.29 is 0 Å². The van der Waals surface area contributed by atoms with Gasteiger partial charge in [0.15, 0.2) is 0 Å². The Morgan fingerprint density at radius 2 is 1.45 bits per heavy atom. The van der Waals surface area contributed by atoms with Crippen molar-refractivity contribution in [1.29, 1.82) is 0 Å². The number of rotatable bonds is 1. The van der Waals surface area contributed by atoms with Crippen LogP contribution in [0.25, 0.3) is 0 Å². The SMILES string of the molecule is CC1CCC(C(C)C)CC1.[C]. The van der Waals surface area contributed by atoms with Gasteiger partial charge in [0.25, 0.3) is 0 Å². The van der Waals surface area contributed by atoms with Gasteiger partial charge in [-0.3, -0.25) is 0 Å². The highest BCUT2D eigenvalue weighted by Crippen LogP contribution is 2.32. The number of hydrogen-bond donors (Lipinski definition) is 0. The Morgan fingerprint density at radius 3 is 1.82 bits per heavy atom. The summed E-state index contributed by atoms with van der Waals surface area (Å²) in [4.78, 5) is 0. The maximum atomic E-state index is 2.39. The van der Waals surface area contributed by atoms with Crippen molar-refractivity contribution in [3.63, 3.8) is 0 Å². The largest absolute Gasteiger partial charge is 0.0625 e. The standard InChI is InChI=1S/C10H20.C/c1-8(2)10-6-4-9(3)5-7-10;/h8-10H,4-7H2,1-3H3;. The molecule has 1 saturated carbocycles. The van der Waals surface area contributed by atoms with E-state index in [1.807, 2.05) is 0 Å². The Labute approximate surface area is 72.4 Å². The van der Waals surface area contributed by atoms with E-state index in [1.54, 1.807) is 0 Å². The van der Waals surface area contributed by atoms with E-state index < -0.39 is 0 Å². The zero-order valence-corrected chi connectivity index (χ0v) is 8.06. The fourth-order valence-corrected chi connectivity index (χ4v) is 1.95. The summed E-state index contributed by atoms with van der Waals surface area (Å²) in [5.41, 5.74) is 0. The van der Waals surface area contributed by atoms with E-state index in [1.165, 1.54) is 25.7 Å². The first-order chi connectivity index (χ1) is 4.70. The van der Waals surface area contributed by atoms with Crippen LogP contribution in [-0.4, -0.2) is 0 Å². The second-order valence-electron chi connectivity index (χ2n) is 4.26. The molecule has 0 saturated heterocycles. The molecular weight excluding hydrogens is 132 g/mol. The molecule has 1 fully saturated rings. The van der Waals surface area contributed by atoms with Crippen LogP contribution in [0.3, 0.4) is 0 Å². The molecule has 0 aliphatic heterocycles. The third-order valence-corrected chi connectivity index (χ3v) is 3.00. The van der Waals surface area contributed by atoms with Gasteiger partial charge in [-0.05, 0) is 30.6 Å². The second-order valence-corrected chi connectivity index (χ2v) is 4.26. The maximum absolute atomic E-state index is 2.39. The molecule has 0 unspecified atom stereocenters. The summed E-state index contributed by atoms with van der Waals surface area (Å²) < 4.78 is 0. The van der Waals surface area contributed by atoms with Gasteiger partial charge in [-0.1, -0.05) is 33.6 Å². The Balaban J connectivity index is 0.000001000. The van der Waals surface area contributed by atoms with E-state index in [0.29, 0.717) is 0 Å². The molecule has 1 aliphatic carbocycles. The monoisotopic (exact) mass is 152 g/mol. The summed E-state index contributed by atoms with van der Waals surface area (Å²) >= 11 is 0. The second kappa shape index (κ2) is 4.79. The molecule has 0 bridgehead atoms. The average Bonchev–Trinajstić information content (AvgIpc) is 1.88. The molecule has 0 aromatic heterocycles. The van der Waals surface area contributed by atoms with E-state index in [9.17, 15) is 0 Å². The van der Waals surface area contributed by atoms with Gasteiger partial charge in [-0.25, -0.2) is 0 Å². The molecule has 0 N–H and O–H groups in total. The summed E-state index contributed by atoms with van der Waals surface area (Å²) in [5, 5.41) is 0. The lowest BCUT2D eigenvalue weighted by atomic mass is 9.78. The van der Waals surface area contributed by atoms with Gasteiger partial charge in [-0.2, -0.15) is 0 Å². The van der Waals surface area contributed by atoms with Gasteiger partial charge in [0.1, 0.15) is 0 Å². The quantitative estimate of drug-likeness (QED) is 0.539. The minimum Gasteiger partial charge on any atom is -0.0625 e. The maximum Gasteiger partial charge on any atom is 0 e. The summed E-state index contributed by atoms with van der Waals surface area (Å²) in [6, 6.07) is 0. The van der Waals surface area contributed by atoms with Crippen LogP contribution in [0.1, 0.15) is 46.5 Å². The van der Waals surface area contributed by atoms with Crippen molar-refractivity contribution in [3.8, 4) is 0 Å². The molecule has 0 heterocycles. The normalized spacial score (nSPS) is 31.6. The molecule has 0 amide bonds. The van der Waals surface area contributed by atoms with E-state index in [-0.39, 0.29) is 7.43 Å². The summed E-state index contributed by atoms with van der Waals surface area (Å²) in [7, 11) is 0. The highest BCUT2D eigenvalue weighted by atomic mass is 14.3. The van der Waals surface area contributed by atoms with E-state index in [4.69, 9.17) is 0 Å². The topological polar surface area (TPSA) is 0 Å². The summed E-state index contributed by atoms with van der Waals surface area (Å²) in [5.74, 6) is 2.97. The van der Waals surface area contributed by atoms with Crippen LogP contribution >= 0.6 is 0 Å². The average molecular weight is 152 g/mol. The van der Waals surface area contributed by atoms with E-state index >= 15 is 0 Å². The Hall–Kier alpha value is 0. The van der Waals surface area contributed by atoms with Crippen molar-refractivity contribution in [2.45, 2.75) is 46.5 Å². The fourth-order valence-electron chi connectivity index (χ4n) is 1.95. The molecule has 0 atom stereocenters. The van der Waals surface area contributed by atoms with Crippen molar-refractivity contribution in [3.05, 3.63) is 7.43 Å². The Morgan fingerprint density at radius 1 is 1.00 bits per heavy atom. The van der Waals surface area contributed by atoms with Crippen molar-refractivity contribution >= 4 is 0 Å². The third-order valence-electron chi connectivity index (χ3n) is 3.00. The van der Waals surface area contributed by atoms with Gasteiger partial charge in [0.2, 0.25) is 0 Å². The molecule has 11 heavy (non-hydrogen) atoms. The highest BCUT2D eigenvalue weighted by Gasteiger charge is 2.19. The minimum atomic E-state index is 0. The van der Waals surface area contributed by atoms with Crippen LogP contribution in [0.4, 0.5) is 0 Å². The first-order valence-corrected chi connectivity index (χ1v) is 4.70. The van der Waals surface area contributed by atoms with Gasteiger partial charge in [-0.15, -0.1) is 0 Å². The highest BCUT2D eigenvalue weighted by molar-refractivity contribution is 4.71. The lowest BCUT2D eigenvalue weighted by molar-refractivity contribution is 0.234. The van der Waals surface area contributed by atoms with E-state index in [0.717, 1.165) is 17.8 Å². The Bertz CT molecular complexity index is 86.2. The van der Waals surface area contributed by atoms with Gasteiger partial charge >= 0.3 is 0 Å². The van der Waals surface area contributed by atoms with Crippen LogP contribution < -0.4 is 0 Å². The van der Waals surface area contributed by atoms with Crippen molar-refractivity contribution in [2.75, 3.05) is 0 Å². The van der Waals surface area contributed by atoms with Crippen molar-refractivity contribution in [1.82, 2.24) is 0 Å². The molecule has 1 aliphatic rings. The molecular formula is C11H20. The molecule has 0 heteroatoms. The lowest BCUT2D eigenvalue weighted by Crippen LogP contribution is -2.16. The van der Waals surface area contributed by atoms with Crippen LogP contribution in [0.2, 0.25) is 0 Å². The van der Waals surface area contributed by atoms with Gasteiger partial charge in [0.05, 0.1) is 0 Å². The molecule has 64 valence electrons. The van der Waals surface area contributed by atoms with E-state index in [2.05, 4.69) is 20.8 Å². The van der Waals surface area contributed by atoms with Gasteiger partial charge in [0, 0.05) is 7.43 Å². The van der Waals surface area contributed by atoms with Crippen LogP contribution in [0.5, 0.6) is 0 Å². The first kappa shape index (κ1) is 11.0. The zero-order valence-electron chi connectivity index (χ0n) is 8.06. The predicted octanol–water partition coefficient (Wildman–Crippen LogP) is 3.55. The molecule has 1 rings (SSSR count). The van der Waals surface area contributed by atoms with Gasteiger partial charge < -0.3 is 0 Å². The molecule has 0 nitrogen and oxygen atoms in total. The molecule has 0 aromatic carbocycles. The fraction of sp³-hybridized carbons (Fsp3) is 0.909. The summed E-state index contributed by atoms with van der Waals surface area (Å²) in [6.07, 6.45) is 5.92. The van der Waals surface area contributed by atoms with Crippen LogP contribution in [0.15, 0.2) is 0 Å². The number of hydrogen-bond acceptors (Lipinski definition) is 0. The molecule has 0 spiro atoms. The molecule has 4 radical (unpaired) electrons. The smallest absolute Gasteiger partial charge is 0 e. The minimum absolute atomic E-state index is 0.